The van der Waals surface area contributed by atoms with Crippen molar-refractivity contribution in [1.82, 2.24) is 20.4 Å². The van der Waals surface area contributed by atoms with Crippen LogP contribution in [-0.4, -0.2) is 27.5 Å². The number of methoxy groups -OCH3 is 1. The van der Waals surface area contributed by atoms with E-state index in [0.717, 1.165) is 27.8 Å². The van der Waals surface area contributed by atoms with Gasteiger partial charge >= 0.3 is 0 Å². The smallest absolute Gasteiger partial charge is 0.192 e. The van der Waals surface area contributed by atoms with Gasteiger partial charge in [0.2, 0.25) is 0 Å². The van der Waals surface area contributed by atoms with E-state index in [1.54, 1.807) is 18.4 Å². The Bertz CT molecular complexity index is 1060. The molecule has 0 saturated carbocycles. The number of nitrogens with zero attached hydrogens (tertiary/aromatic N) is 4. The van der Waals surface area contributed by atoms with Crippen molar-refractivity contribution in [3.05, 3.63) is 46.8 Å². The minimum Gasteiger partial charge on any atom is -0.497 e. The van der Waals surface area contributed by atoms with E-state index in [2.05, 4.69) is 31.8 Å². The van der Waals surface area contributed by atoms with Gasteiger partial charge in [0.15, 0.2) is 5.69 Å². The number of aromatic nitrogens is 4. The van der Waals surface area contributed by atoms with Crippen molar-refractivity contribution in [1.29, 1.82) is 5.26 Å². The van der Waals surface area contributed by atoms with Crippen LogP contribution in [0.25, 0.3) is 33.4 Å². The number of fused-ring (bicyclic) bond motifs is 1. The van der Waals surface area contributed by atoms with Crippen LogP contribution in [0.15, 0.2) is 41.1 Å². The van der Waals surface area contributed by atoms with Gasteiger partial charge in [0.25, 0.3) is 0 Å². The second kappa shape index (κ2) is 5.76. The van der Waals surface area contributed by atoms with Crippen LogP contribution < -0.4 is 4.74 Å². The number of H-pyrrole nitrogens is 1. The summed E-state index contributed by atoms with van der Waals surface area (Å²) in [5.74, 6) is 0.726. The first-order valence-electron chi connectivity index (χ1n) is 7.13. The fraction of sp³-hybridized carbons (Fsp3) is 0.0588. The van der Waals surface area contributed by atoms with Crippen LogP contribution >= 0.6 is 11.3 Å². The predicted molar refractivity (Wildman–Crippen MR) is 91.7 cm³/mol. The lowest BCUT2D eigenvalue weighted by atomic mass is 10.0. The summed E-state index contributed by atoms with van der Waals surface area (Å²) < 4.78 is 5.30. The third kappa shape index (κ3) is 2.30. The number of thiophene rings is 1. The van der Waals surface area contributed by atoms with Crippen LogP contribution in [0.2, 0.25) is 0 Å². The van der Waals surface area contributed by atoms with Crippen molar-refractivity contribution in [2.45, 2.75) is 0 Å². The van der Waals surface area contributed by atoms with Gasteiger partial charge < -0.3 is 4.74 Å². The first kappa shape index (κ1) is 14.4. The molecule has 0 unspecified atom stereocenters. The van der Waals surface area contributed by atoms with E-state index in [4.69, 9.17) is 4.74 Å². The van der Waals surface area contributed by atoms with Gasteiger partial charge in [0.1, 0.15) is 17.5 Å². The maximum absolute atomic E-state index is 9.20. The molecule has 0 bridgehead atoms. The summed E-state index contributed by atoms with van der Waals surface area (Å²) in [4.78, 5) is 4.66. The molecule has 3 heterocycles. The van der Waals surface area contributed by atoms with Gasteiger partial charge in [-0.1, -0.05) is 0 Å². The average Bonchev–Trinajstić information content (AvgIpc) is 3.31. The molecule has 4 rings (SSSR count). The van der Waals surface area contributed by atoms with E-state index in [1.807, 2.05) is 35.7 Å². The SMILES string of the molecule is COc1ccc2c(-c3ccsc3)cc(-c3n[nH]nc3C#N)nc2c1. The highest BCUT2D eigenvalue weighted by Gasteiger charge is 2.16. The van der Waals surface area contributed by atoms with E-state index in [9.17, 15) is 5.26 Å². The van der Waals surface area contributed by atoms with Crippen molar-refractivity contribution in [3.8, 4) is 34.3 Å². The minimum atomic E-state index is 0.223. The van der Waals surface area contributed by atoms with Gasteiger partial charge in [0.05, 0.1) is 18.3 Å². The van der Waals surface area contributed by atoms with Crippen molar-refractivity contribution in [3.63, 3.8) is 0 Å². The Kier molecular flexibility index (Phi) is 3.44. The van der Waals surface area contributed by atoms with Gasteiger partial charge in [-0.25, -0.2) is 4.98 Å². The third-order valence-corrected chi connectivity index (χ3v) is 4.43. The van der Waals surface area contributed by atoms with Crippen LogP contribution in [-0.2, 0) is 0 Å². The fourth-order valence-corrected chi connectivity index (χ4v) is 3.26. The number of nitriles is 1. The van der Waals surface area contributed by atoms with Crippen LogP contribution in [0.5, 0.6) is 5.75 Å². The van der Waals surface area contributed by atoms with Crippen molar-refractivity contribution >= 4 is 22.2 Å². The van der Waals surface area contributed by atoms with E-state index in [1.165, 1.54) is 0 Å². The Labute approximate surface area is 141 Å². The maximum Gasteiger partial charge on any atom is 0.192 e. The van der Waals surface area contributed by atoms with E-state index >= 15 is 0 Å². The van der Waals surface area contributed by atoms with Gasteiger partial charge in [-0.15, -0.1) is 5.10 Å². The highest BCUT2D eigenvalue weighted by molar-refractivity contribution is 7.08. The Balaban J connectivity index is 2.04. The predicted octanol–water partition coefficient (Wildman–Crippen LogP) is 3.63. The number of pyridine rings is 1. The average molecular weight is 333 g/mol. The molecule has 116 valence electrons. The normalized spacial score (nSPS) is 10.7. The molecule has 1 aromatic carbocycles. The van der Waals surface area contributed by atoms with Crippen molar-refractivity contribution in [2.24, 2.45) is 0 Å². The molecule has 24 heavy (non-hydrogen) atoms. The fourth-order valence-electron chi connectivity index (χ4n) is 2.60. The molecule has 6 nitrogen and oxygen atoms in total. The molecule has 0 saturated heterocycles. The van der Waals surface area contributed by atoms with Crippen molar-refractivity contribution in [2.75, 3.05) is 7.11 Å². The van der Waals surface area contributed by atoms with Crippen LogP contribution in [0.3, 0.4) is 0 Å². The molecule has 4 aromatic rings. The quantitative estimate of drug-likeness (QED) is 0.618. The summed E-state index contributed by atoms with van der Waals surface area (Å²) >= 11 is 1.63. The zero-order valence-corrected chi connectivity index (χ0v) is 13.5. The lowest BCUT2D eigenvalue weighted by Crippen LogP contribution is -1.92. The molecule has 0 fully saturated rings. The Hall–Kier alpha value is -3.24. The summed E-state index contributed by atoms with van der Waals surface area (Å²) in [6.45, 7) is 0. The molecule has 0 aliphatic carbocycles. The zero-order chi connectivity index (χ0) is 16.5. The molecule has 7 heteroatoms. The lowest BCUT2D eigenvalue weighted by molar-refractivity contribution is 0.415. The van der Waals surface area contributed by atoms with E-state index in [-0.39, 0.29) is 5.69 Å². The summed E-state index contributed by atoms with van der Waals surface area (Å²) in [6.07, 6.45) is 0. The lowest BCUT2D eigenvalue weighted by Gasteiger charge is -2.09. The Morgan fingerprint density at radius 3 is 2.88 bits per heavy atom. The number of nitrogens with one attached hydrogen (secondary N) is 1. The number of ether oxygens (including phenoxy) is 1. The standard InChI is InChI=1S/C17H11N5OS/c1-23-11-2-3-12-13(10-4-5-24-9-10)7-15(19-14(12)6-11)17-16(8-18)20-22-21-17/h2-7,9H,1H3,(H,20,21,22). The molecule has 0 radical (unpaired) electrons. The number of rotatable bonds is 3. The zero-order valence-electron chi connectivity index (χ0n) is 12.6. The molecular formula is C17H11N5OS. The van der Waals surface area contributed by atoms with E-state index in [0.29, 0.717) is 11.4 Å². The molecule has 3 aromatic heterocycles. The summed E-state index contributed by atoms with van der Waals surface area (Å²) in [6, 6.07) is 11.8. The highest BCUT2D eigenvalue weighted by atomic mass is 32.1. The van der Waals surface area contributed by atoms with Crippen LogP contribution in [0.1, 0.15) is 5.69 Å². The largest absolute Gasteiger partial charge is 0.497 e. The van der Waals surface area contributed by atoms with E-state index < -0.39 is 0 Å². The number of benzene rings is 1. The molecule has 0 spiro atoms. The highest BCUT2D eigenvalue weighted by Crippen LogP contribution is 2.34. The maximum atomic E-state index is 9.20. The second-order valence-electron chi connectivity index (χ2n) is 5.08. The van der Waals surface area contributed by atoms with Crippen LogP contribution in [0, 0.1) is 11.3 Å². The van der Waals surface area contributed by atoms with Gasteiger partial charge in [-0.2, -0.15) is 26.9 Å². The number of hydrogen-bond donors (Lipinski definition) is 1. The van der Waals surface area contributed by atoms with Gasteiger partial charge in [-0.05, 0) is 46.2 Å². The topological polar surface area (TPSA) is 87.5 Å². The minimum absolute atomic E-state index is 0.223. The number of aromatic amines is 1. The molecule has 0 aliphatic rings. The molecule has 1 N–H and O–H groups in total. The summed E-state index contributed by atoms with van der Waals surface area (Å²) in [7, 11) is 1.62. The Morgan fingerprint density at radius 2 is 2.12 bits per heavy atom. The van der Waals surface area contributed by atoms with Crippen LogP contribution in [0.4, 0.5) is 0 Å². The number of hydrogen-bond acceptors (Lipinski definition) is 6. The molecule has 0 atom stereocenters. The third-order valence-electron chi connectivity index (χ3n) is 3.75. The summed E-state index contributed by atoms with van der Waals surface area (Å²) in [5.41, 5.74) is 4.17. The first-order valence-corrected chi connectivity index (χ1v) is 8.07. The second-order valence-corrected chi connectivity index (χ2v) is 5.86. The molecule has 0 aliphatic heterocycles. The first-order chi connectivity index (χ1) is 11.8. The molecular weight excluding hydrogens is 322 g/mol. The summed E-state index contributed by atoms with van der Waals surface area (Å²) in [5, 5.41) is 24.7. The monoisotopic (exact) mass is 333 g/mol. The van der Waals surface area contributed by atoms with Crippen molar-refractivity contribution < 1.29 is 4.74 Å². The van der Waals surface area contributed by atoms with Gasteiger partial charge in [0, 0.05) is 11.5 Å². The van der Waals surface area contributed by atoms with Gasteiger partial charge in [-0.3, -0.25) is 0 Å². The molecule has 0 amide bonds. The Morgan fingerprint density at radius 1 is 1.21 bits per heavy atom.